The minimum Gasteiger partial charge on any atom is -0.467 e. The van der Waals surface area contributed by atoms with Gasteiger partial charge in [0.15, 0.2) is 0 Å². The molecule has 7 heteroatoms. The maximum Gasteiger partial charge on any atom is 0.225 e. The normalized spacial score (nSPS) is 17.0. The van der Waals surface area contributed by atoms with Crippen LogP contribution in [0.4, 0.5) is 5.82 Å². The van der Waals surface area contributed by atoms with Crippen LogP contribution in [0.3, 0.4) is 0 Å². The number of amides is 2. The van der Waals surface area contributed by atoms with E-state index >= 15 is 0 Å². The Bertz CT molecular complexity index is 743. The van der Waals surface area contributed by atoms with E-state index in [1.807, 2.05) is 37.2 Å². The molecule has 1 atom stereocenters. The fourth-order valence-corrected chi connectivity index (χ4v) is 2.84. The van der Waals surface area contributed by atoms with Crippen LogP contribution >= 0.6 is 0 Å². The molecule has 0 bridgehead atoms. The fraction of sp³-hybridized carbons (Fsp3) is 0.389. The highest BCUT2D eigenvalue weighted by Crippen LogP contribution is 2.21. The van der Waals surface area contributed by atoms with Crippen molar-refractivity contribution >= 4 is 17.6 Å². The maximum absolute atomic E-state index is 12.4. The van der Waals surface area contributed by atoms with Crippen molar-refractivity contribution in [2.24, 2.45) is 5.92 Å². The third-order valence-corrected chi connectivity index (χ3v) is 4.25. The molecule has 3 rings (SSSR count). The molecule has 2 aromatic heterocycles. The smallest absolute Gasteiger partial charge is 0.225 e. The van der Waals surface area contributed by atoms with Gasteiger partial charge in [0.25, 0.3) is 0 Å². The molecule has 0 saturated carbocycles. The Morgan fingerprint density at radius 3 is 3.00 bits per heavy atom. The number of carbonyl (C=O) groups excluding carboxylic acids is 2. The molecule has 0 spiro atoms. The molecule has 2 aromatic rings. The van der Waals surface area contributed by atoms with Crippen molar-refractivity contribution < 1.29 is 14.0 Å². The molecule has 1 fully saturated rings. The van der Waals surface area contributed by atoms with E-state index in [1.165, 1.54) is 0 Å². The number of nitrogens with zero attached hydrogens (tertiary/aromatic N) is 3. The van der Waals surface area contributed by atoms with E-state index in [2.05, 4.69) is 10.3 Å². The Morgan fingerprint density at radius 2 is 2.28 bits per heavy atom. The Morgan fingerprint density at radius 1 is 1.44 bits per heavy atom. The highest BCUT2D eigenvalue weighted by molar-refractivity contribution is 5.89. The van der Waals surface area contributed by atoms with Gasteiger partial charge in [-0.15, -0.1) is 0 Å². The number of anilines is 1. The first-order valence-electron chi connectivity index (χ1n) is 8.23. The summed E-state index contributed by atoms with van der Waals surface area (Å²) in [4.78, 5) is 32.3. The highest BCUT2D eigenvalue weighted by Gasteiger charge is 2.34. The lowest BCUT2D eigenvalue weighted by molar-refractivity contribution is -0.129. The summed E-state index contributed by atoms with van der Waals surface area (Å²) in [6.07, 6.45) is 3.55. The summed E-state index contributed by atoms with van der Waals surface area (Å²) in [5, 5.41) is 2.92. The van der Waals surface area contributed by atoms with Gasteiger partial charge in [0.2, 0.25) is 11.8 Å². The molecule has 1 N–H and O–H groups in total. The summed E-state index contributed by atoms with van der Waals surface area (Å²) >= 11 is 0. The van der Waals surface area contributed by atoms with Crippen LogP contribution in [0.5, 0.6) is 0 Å². The lowest BCUT2D eigenvalue weighted by atomic mass is 10.1. The molecule has 7 nitrogen and oxygen atoms in total. The number of carbonyl (C=O) groups is 2. The van der Waals surface area contributed by atoms with E-state index in [0.717, 1.165) is 17.1 Å². The zero-order chi connectivity index (χ0) is 17.8. The highest BCUT2D eigenvalue weighted by atomic mass is 16.3. The van der Waals surface area contributed by atoms with Crippen molar-refractivity contribution in [1.82, 2.24) is 15.2 Å². The second-order valence-electron chi connectivity index (χ2n) is 6.39. The Balaban J connectivity index is 1.53. The van der Waals surface area contributed by atoms with Crippen LogP contribution in [0.25, 0.3) is 0 Å². The predicted octanol–water partition coefficient (Wildman–Crippen LogP) is 1.41. The molecule has 0 aromatic carbocycles. The van der Waals surface area contributed by atoms with Crippen LogP contribution in [0.1, 0.15) is 17.7 Å². The van der Waals surface area contributed by atoms with Crippen LogP contribution in [-0.2, 0) is 22.7 Å². The lowest BCUT2D eigenvalue weighted by Crippen LogP contribution is -2.32. The van der Waals surface area contributed by atoms with Crippen molar-refractivity contribution in [3.05, 3.63) is 48.0 Å². The van der Waals surface area contributed by atoms with Crippen molar-refractivity contribution in [2.75, 3.05) is 25.5 Å². The van der Waals surface area contributed by atoms with Crippen LogP contribution in [-0.4, -0.2) is 42.3 Å². The molecule has 0 aliphatic carbocycles. The first kappa shape index (κ1) is 17.0. The third-order valence-electron chi connectivity index (χ3n) is 4.25. The Labute approximate surface area is 146 Å². The fourth-order valence-electron chi connectivity index (χ4n) is 2.84. The molecule has 0 unspecified atom stereocenters. The van der Waals surface area contributed by atoms with Crippen molar-refractivity contribution in [2.45, 2.75) is 19.5 Å². The number of furan rings is 1. The van der Waals surface area contributed by atoms with Gasteiger partial charge in [0.1, 0.15) is 11.6 Å². The van der Waals surface area contributed by atoms with Gasteiger partial charge in [-0.05, 0) is 29.8 Å². The van der Waals surface area contributed by atoms with Gasteiger partial charge in [0, 0.05) is 39.8 Å². The SMILES string of the molecule is CN(C)c1cc(CNC(=O)[C@H]2CC(=O)N(Cc3ccco3)C2)ccn1. The van der Waals surface area contributed by atoms with Crippen LogP contribution < -0.4 is 10.2 Å². The molecule has 1 aliphatic rings. The molecule has 25 heavy (non-hydrogen) atoms. The quantitative estimate of drug-likeness (QED) is 0.859. The number of aromatic nitrogens is 1. The van der Waals surface area contributed by atoms with Crippen molar-refractivity contribution in [3.63, 3.8) is 0 Å². The third kappa shape index (κ3) is 4.17. The predicted molar refractivity (Wildman–Crippen MR) is 92.6 cm³/mol. The van der Waals surface area contributed by atoms with Gasteiger partial charge in [-0.3, -0.25) is 9.59 Å². The molecule has 1 aliphatic heterocycles. The second kappa shape index (κ2) is 7.38. The summed E-state index contributed by atoms with van der Waals surface area (Å²) in [5.41, 5.74) is 0.976. The van der Waals surface area contributed by atoms with Gasteiger partial charge in [-0.1, -0.05) is 0 Å². The van der Waals surface area contributed by atoms with E-state index in [9.17, 15) is 9.59 Å². The van der Waals surface area contributed by atoms with E-state index in [4.69, 9.17) is 4.42 Å². The van der Waals surface area contributed by atoms with Crippen LogP contribution in [0.2, 0.25) is 0 Å². The molecule has 1 saturated heterocycles. The van der Waals surface area contributed by atoms with Crippen molar-refractivity contribution in [1.29, 1.82) is 0 Å². The largest absolute Gasteiger partial charge is 0.467 e. The number of pyridine rings is 1. The number of hydrogen-bond acceptors (Lipinski definition) is 5. The monoisotopic (exact) mass is 342 g/mol. The first-order chi connectivity index (χ1) is 12.0. The summed E-state index contributed by atoms with van der Waals surface area (Å²) in [6.45, 7) is 1.25. The minimum atomic E-state index is -0.322. The minimum absolute atomic E-state index is 0.0182. The summed E-state index contributed by atoms with van der Waals surface area (Å²) in [6, 6.07) is 7.42. The van der Waals surface area contributed by atoms with E-state index < -0.39 is 0 Å². The van der Waals surface area contributed by atoms with Gasteiger partial charge in [-0.25, -0.2) is 4.98 Å². The molecule has 0 radical (unpaired) electrons. The first-order valence-corrected chi connectivity index (χ1v) is 8.23. The summed E-state index contributed by atoms with van der Waals surface area (Å²) in [5.74, 6) is 1.13. The maximum atomic E-state index is 12.4. The van der Waals surface area contributed by atoms with E-state index in [1.54, 1.807) is 23.4 Å². The van der Waals surface area contributed by atoms with Gasteiger partial charge < -0.3 is 19.5 Å². The average molecular weight is 342 g/mol. The Kier molecular flexibility index (Phi) is 5.02. The second-order valence-corrected chi connectivity index (χ2v) is 6.39. The number of nitrogens with one attached hydrogen (secondary N) is 1. The van der Waals surface area contributed by atoms with E-state index in [0.29, 0.717) is 19.6 Å². The summed E-state index contributed by atoms with van der Waals surface area (Å²) < 4.78 is 5.27. The lowest BCUT2D eigenvalue weighted by Gasteiger charge is -2.15. The van der Waals surface area contributed by atoms with Gasteiger partial charge in [-0.2, -0.15) is 0 Å². The van der Waals surface area contributed by atoms with E-state index in [-0.39, 0.29) is 24.2 Å². The number of rotatable bonds is 6. The number of hydrogen-bond donors (Lipinski definition) is 1. The van der Waals surface area contributed by atoms with Crippen LogP contribution in [0, 0.1) is 5.92 Å². The summed E-state index contributed by atoms with van der Waals surface area (Å²) in [7, 11) is 3.84. The molecular formula is C18H22N4O3. The van der Waals surface area contributed by atoms with Gasteiger partial charge in [0.05, 0.1) is 18.7 Å². The zero-order valence-corrected chi connectivity index (χ0v) is 14.4. The molecule has 132 valence electrons. The number of likely N-dealkylation sites (tertiary alicyclic amines) is 1. The standard InChI is InChI=1S/C18H22N4O3/c1-21(2)16-8-13(5-6-19-16)10-20-18(24)14-9-17(23)22(11-14)12-15-4-3-7-25-15/h3-8,14H,9-12H2,1-2H3,(H,20,24)/t14-/m0/s1. The molecule has 2 amide bonds. The van der Waals surface area contributed by atoms with Crippen molar-refractivity contribution in [3.8, 4) is 0 Å². The zero-order valence-electron chi connectivity index (χ0n) is 14.4. The van der Waals surface area contributed by atoms with Crippen LogP contribution in [0.15, 0.2) is 41.1 Å². The average Bonchev–Trinajstić information content (AvgIpc) is 3.23. The van der Waals surface area contributed by atoms with Gasteiger partial charge >= 0.3 is 0 Å². The Hall–Kier alpha value is -2.83. The topological polar surface area (TPSA) is 78.7 Å². The molecule has 3 heterocycles. The molecular weight excluding hydrogens is 320 g/mol.